The third-order valence-corrected chi connectivity index (χ3v) is 2.06. The number of ether oxygens (including phenoxy) is 1. The first-order chi connectivity index (χ1) is 8.31. The number of rotatable bonds is 3. The average molecular weight is 249 g/mol. The van der Waals surface area contributed by atoms with Crippen LogP contribution in [0.2, 0.25) is 0 Å². The molecule has 0 aliphatic carbocycles. The van der Waals surface area contributed by atoms with Crippen LogP contribution in [0.5, 0.6) is 5.75 Å². The Morgan fingerprint density at radius 2 is 2.00 bits per heavy atom. The van der Waals surface area contributed by atoms with E-state index in [0.29, 0.717) is 5.84 Å². The number of hydrogen-bond acceptors (Lipinski definition) is 3. The molecule has 1 aromatic carbocycles. The Hall–Kier alpha value is -1.55. The van der Waals surface area contributed by atoms with Crippen molar-refractivity contribution in [3.05, 3.63) is 29.8 Å². The smallest absolute Gasteiger partial charge is 0.143 e. The third-order valence-electron chi connectivity index (χ3n) is 2.06. The van der Waals surface area contributed by atoms with E-state index >= 15 is 0 Å². The summed E-state index contributed by atoms with van der Waals surface area (Å²) in [5, 5.41) is 0. The molecular formula is C14H23N3O. The molecule has 0 bridgehead atoms. The summed E-state index contributed by atoms with van der Waals surface area (Å²) < 4.78 is 5.66. The fourth-order valence-electron chi connectivity index (χ4n) is 1.50. The number of hydrogen-bond donors (Lipinski definition) is 2. The molecule has 0 unspecified atom stereocenters. The maximum Gasteiger partial charge on any atom is 0.143 e. The van der Waals surface area contributed by atoms with Crippen molar-refractivity contribution in [3.8, 4) is 5.75 Å². The van der Waals surface area contributed by atoms with Gasteiger partial charge in [-0.1, -0.05) is 12.1 Å². The van der Waals surface area contributed by atoms with Crippen LogP contribution in [0.3, 0.4) is 0 Å². The van der Waals surface area contributed by atoms with Gasteiger partial charge in [0, 0.05) is 5.56 Å². The van der Waals surface area contributed by atoms with Gasteiger partial charge in [0.1, 0.15) is 11.6 Å². The van der Waals surface area contributed by atoms with E-state index in [0.717, 1.165) is 11.3 Å². The number of amidine groups is 1. The predicted octanol–water partition coefficient (Wildman–Crippen LogP) is 2.48. The van der Waals surface area contributed by atoms with Crippen molar-refractivity contribution in [2.45, 2.75) is 46.3 Å². The number of nitrogens with zero attached hydrogens (tertiary/aromatic N) is 1. The second kappa shape index (κ2) is 5.87. The Balaban J connectivity index is 3.04. The maximum absolute atomic E-state index is 5.66. The van der Waals surface area contributed by atoms with Crippen molar-refractivity contribution in [1.82, 2.24) is 5.43 Å². The number of nitrogens with two attached hydrogens (primary N) is 1. The monoisotopic (exact) mass is 249 g/mol. The summed E-state index contributed by atoms with van der Waals surface area (Å²) in [7, 11) is 0. The van der Waals surface area contributed by atoms with Gasteiger partial charge in [0.25, 0.3) is 0 Å². The SMILES string of the molecule is CC(C)Oc1cccc(C(=NC(C)(C)C)NN)c1. The molecule has 0 spiro atoms. The van der Waals surface area contributed by atoms with Gasteiger partial charge in [0.05, 0.1) is 11.6 Å². The van der Waals surface area contributed by atoms with Crippen LogP contribution in [-0.4, -0.2) is 17.5 Å². The normalized spacial score (nSPS) is 12.7. The fraction of sp³-hybridized carbons (Fsp3) is 0.500. The maximum atomic E-state index is 5.66. The highest BCUT2D eigenvalue weighted by atomic mass is 16.5. The van der Waals surface area contributed by atoms with Crippen LogP contribution in [0.25, 0.3) is 0 Å². The van der Waals surface area contributed by atoms with E-state index in [-0.39, 0.29) is 11.6 Å². The molecule has 1 aromatic rings. The molecule has 0 radical (unpaired) electrons. The average Bonchev–Trinajstić information content (AvgIpc) is 2.24. The Morgan fingerprint density at radius 1 is 1.33 bits per heavy atom. The lowest BCUT2D eigenvalue weighted by atomic mass is 10.1. The van der Waals surface area contributed by atoms with Crippen LogP contribution >= 0.6 is 0 Å². The van der Waals surface area contributed by atoms with Crippen LogP contribution in [0.15, 0.2) is 29.3 Å². The van der Waals surface area contributed by atoms with Gasteiger partial charge in [-0.05, 0) is 46.8 Å². The highest BCUT2D eigenvalue weighted by molar-refractivity contribution is 5.98. The molecular weight excluding hydrogens is 226 g/mol. The standard InChI is InChI=1S/C14H23N3O/c1-10(2)18-12-8-6-7-11(9-12)13(17-15)16-14(3,4)5/h6-10H,15H2,1-5H3,(H,16,17). The number of nitrogens with one attached hydrogen (secondary N) is 1. The lowest BCUT2D eigenvalue weighted by Crippen LogP contribution is -2.33. The molecule has 0 fully saturated rings. The van der Waals surface area contributed by atoms with Gasteiger partial charge in [0.2, 0.25) is 0 Å². The van der Waals surface area contributed by atoms with Gasteiger partial charge >= 0.3 is 0 Å². The first-order valence-corrected chi connectivity index (χ1v) is 6.15. The van der Waals surface area contributed by atoms with Gasteiger partial charge in [-0.2, -0.15) is 0 Å². The second-order valence-electron chi connectivity index (χ2n) is 5.47. The van der Waals surface area contributed by atoms with Crippen LogP contribution in [0, 0.1) is 0 Å². The van der Waals surface area contributed by atoms with E-state index in [1.807, 2.05) is 58.9 Å². The fourth-order valence-corrected chi connectivity index (χ4v) is 1.50. The summed E-state index contributed by atoms with van der Waals surface area (Å²) in [6.07, 6.45) is 0.147. The molecule has 0 saturated heterocycles. The van der Waals surface area contributed by atoms with Gasteiger partial charge in [-0.3, -0.25) is 4.99 Å². The molecule has 4 heteroatoms. The molecule has 18 heavy (non-hydrogen) atoms. The van der Waals surface area contributed by atoms with E-state index < -0.39 is 0 Å². The zero-order chi connectivity index (χ0) is 13.8. The van der Waals surface area contributed by atoms with Gasteiger partial charge in [-0.25, -0.2) is 5.84 Å². The molecule has 0 saturated carbocycles. The highest BCUT2D eigenvalue weighted by Crippen LogP contribution is 2.16. The molecule has 0 heterocycles. The van der Waals surface area contributed by atoms with Crippen molar-refractivity contribution in [2.75, 3.05) is 0 Å². The minimum atomic E-state index is -0.184. The molecule has 0 aromatic heterocycles. The van der Waals surface area contributed by atoms with E-state index in [9.17, 15) is 0 Å². The minimum Gasteiger partial charge on any atom is -0.491 e. The minimum absolute atomic E-state index is 0.147. The van der Waals surface area contributed by atoms with Crippen molar-refractivity contribution >= 4 is 5.84 Å². The Morgan fingerprint density at radius 3 is 2.50 bits per heavy atom. The number of benzene rings is 1. The number of hydrazine groups is 1. The summed E-state index contributed by atoms with van der Waals surface area (Å²) in [4.78, 5) is 4.54. The highest BCUT2D eigenvalue weighted by Gasteiger charge is 2.11. The van der Waals surface area contributed by atoms with Crippen LogP contribution in [0.1, 0.15) is 40.2 Å². The van der Waals surface area contributed by atoms with Crippen molar-refractivity contribution < 1.29 is 4.74 Å². The summed E-state index contributed by atoms with van der Waals surface area (Å²) in [6.45, 7) is 10.1. The molecule has 0 aliphatic heterocycles. The Kier molecular flexibility index (Phi) is 4.73. The molecule has 1 rings (SSSR count). The summed E-state index contributed by atoms with van der Waals surface area (Å²) >= 11 is 0. The lowest BCUT2D eigenvalue weighted by molar-refractivity contribution is 0.242. The topological polar surface area (TPSA) is 59.6 Å². The van der Waals surface area contributed by atoms with Crippen LogP contribution in [-0.2, 0) is 0 Å². The zero-order valence-corrected chi connectivity index (χ0v) is 11.8. The molecule has 3 N–H and O–H groups in total. The third kappa shape index (κ3) is 4.75. The Bertz CT molecular complexity index is 419. The molecule has 100 valence electrons. The largest absolute Gasteiger partial charge is 0.491 e. The zero-order valence-electron chi connectivity index (χ0n) is 11.8. The summed E-state index contributed by atoms with van der Waals surface area (Å²) in [5.41, 5.74) is 3.39. The second-order valence-corrected chi connectivity index (χ2v) is 5.47. The number of aliphatic imine (C=N–C) groups is 1. The molecule has 0 aliphatic rings. The summed E-state index contributed by atoms with van der Waals surface area (Å²) in [6, 6.07) is 7.75. The quantitative estimate of drug-likeness (QED) is 0.374. The van der Waals surface area contributed by atoms with Crippen LogP contribution < -0.4 is 16.0 Å². The molecule has 4 nitrogen and oxygen atoms in total. The van der Waals surface area contributed by atoms with E-state index in [4.69, 9.17) is 10.6 Å². The lowest BCUT2D eigenvalue weighted by Gasteiger charge is -2.17. The first kappa shape index (κ1) is 14.5. The van der Waals surface area contributed by atoms with E-state index in [1.54, 1.807) is 0 Å². The molecule has 0 atom stereocenters. The Labute approximate surface area is 109 Å². The van der Waals surface area contributed by atoms with Gasteiger partial charge in [0.15, 0.2) is 0 Å². The van der Waals surface area contributed by atoms with Gasteiger partial charge in [-0.15, -0.1) is 0 Å². The first-order valence-electron chi connectivity index (χ1n) is 6.15. The van der Waals surface area contributed by atoms with E-state index in [1.165, 1.54) is 0 Å². The van der Waals surface area contributed by atoms with Crippen molar-refractivity contribution in [3.63, 3.8) is 0 Å². The van der Waals surface area contributed by atoms with Crippen molar-refractivity contribution in [1.29, 1.82) is 0 Å². The summed E-state index contributed by atoms with van der Waals surface area (Å²) in [5.74, 6) is 7.02. The molecule has 0 amide bonds. The van der Waals surface area contributed by atoms with E-state index in [2.05, 4.69) is 10.4 Å². The van der Waals surface area contributed by atoms with Crippen LogP contribution in [0.4, 0.5) is 0 Å². The van der Waals surface area contributed by atoms with Crippen molar-refractivity contribution in [2.24, 2.45) is 10.8 Å². The van der Waals surface area contributed by atoms with Gasteiger partial charge < -0.3 is 10.2 Å². The predicted molar refractivity (Wildman–Crippen MR) is 75.8 cm³/mol.